The molecule has 1 amide bonds. The van der Waals surface area contributed by atoms with Crippen LogP contribution in [-0.2, 0) is 0 Å². The van der Waals surface area contributed by atoms with Gasteiger partial charge in [0, 0.05) is 35.8 Å². The molecule has 1 atom stereocenters. The molecule has 10 nitrogen and oxygen atoms in total. The van der Waals surface area contributed by atoms with E-state index in [1.807, 2.05) is 16.7 Å². The van der Waals surface area contributed by atoms with Gasteiger partial charge in [-0.2, -0.15) is 0 Å². The van der Waals surface area contributed by atoms with Gasteiger partial charge in [0.15, 0.2) is 5.82 Å². The molecule has 2 bridgehead atoms. The molecule has 5 rings (SSSR count). The van der Waals surface area contributed by atoms with Crippen LogP contribution in [0.3, 0.4) is 0 Å². The molecule has 4 aromatic heterocycles. The first kappa shape index (κ1) is 19.7. The van der Waals surface area contributed by atoms with E-state index in [9.17, 15) is 4.79 Å². The second-order valence-corrected chi connectivity index (χ2v) is 7.47. The summed E-state index contributed by atoms with van der Waals surface area (Å²) in [6.07, 6.45) is 9.74. The van der Waals surface area contributed by atoms with Crippen LogP contribution in [0.1, 0.15) is 36.2 Å². The van der Waals surface area contributed by atoms with Crippen LogP contribution in [0.15, 0.2) is 55.5 Å². The smallest absolute Gasteiger partial charge is 0.262 e. The number of pyridine rings is 2. The number of carbonyl (C=O) groups is 1. The Morgan fingerprint density at radius 3 is 2.91 bits per heavy atom. The van der Waals surface area contributed by atoms with E-state index in [1.165, 1.54) is 6.33 Å². The van der Waals surface area contributed by atoms with Crippen LogP contribution in [0.4, 0.5) is 5.82 Å². The number of nitrogens with zero attached hydrogens (tertiary/aromatic N) is 7. The van der Waals surface area contributed by atoms with Gasteiger partial charge in [-0.25, -0.2) is 19.9 Å². The number of carbonyl (C=O) groups excluding carboxylic acids is 1. The lowest BCUT2D eigenvalue weighted by molar-refractivity contribution is 0.102. The molecule has 0 aromatic carbocycles. The predicted molar refractivity (Wildman–Crippen MR) is 116 cm³/mol. The molecule has 0 saturated carbocycles. The number of ether oxygens (including phenoxy) is 1. The number of rotatable bonds is 1. The zero-order valence-corrected chi connectivity index (χ0v) is 17.3. The molecular formula is C22H20N8O2. The van der Waals surface area contributed by atoms with Crippen molar-refractivity contribution in [3.8, 4) is 28.5 Å². The molecule has 1 aliphatic rings. The third-order valence-corrected chi connectivity index (χ3v) is 5.26. The normalized spacial score (nSPS) is 16.2. The Morgan fingerprint density at radius 2 is 2.03 bits per heavy atom. The van der Waals surface area contributed by atoms with E-state index in [0.717, 1.165) is 18.4 Å². The minimum absolute atomic E-state index is 0.152. The van der Waals surface area contributed by atoms with Crippen LogP contribution in [-0.4, -0.2) is 47.2 Å². The van der Waals surface area contributed by atoms with E-state index in [1.54, 1.807) is 37.1 Å². The maximum atomic E-state index is 13.2. The van der Waals surface area contributed by atoms with E-state index in [-0.39, 0.29) is 17.8 Å². The Labute approximate surface area is 183 Å². The highest BCUT2D eigenvalue weighted by Gasteiger charge is 2.20. The lowest BCUT2D eigenvalue weighted by atomic mass is 10.1. The molecule has 4 aromatic rings. The van der Waals surface area contributed by atoms with Crippen LogP contribution < -0.4 is 10.1 Å². The molecule has 1 N–H and O–H groups in total. The van der Waals surface area contributed by atoms with Crippen LogP contribution in [0.25, 0.3) is 22.6 Å². The number of aromatic nitrogens is 7. The third-order valence-electron chi connectivity index (χ3n) is 5.26. The summed E-state index contributed by atoms with van der Waals surface area (Å²) >= 11 is 0. The standard InChI is InChI=1S/C22H20N8O2/c1-14-4-3-7-32-22-17(8-15(11-25-22)16-9-23-12-24-10-16)21(31)28-19-6-2-5-18(27-19)20-29-26-13-30(14)20/h2,5-6,8-14H,3-4,7H2,1H3,(H,27,28,31). The molecule has 1 aliphatic heterocycles. The summed E-state index contributed by atoms with van der Waals surface area (Å²) in [5.41, 5.74) is 2.41. The zero-order chi connectivity index (χ0) is 21.9. The Kier molecular flexibility index (Phi) is 5.24. The summed E-state index contributed by atoms with van der Waals surface area (Å²) in [4.78, 5) is 30.2. The minimum Gasteiger partial charge on any atom is -0.477 e. The van der Waals surface area contributed by atoms with Crippen molar-refractivity contribution in [1.29, 1.82) is 0 Å². The first-order chi connectivity index (χ1) is 15.7. The maximum absolute atomic E-state index is 13.2. The van der Waals surface area contributed by atoms with Crippen molar-refractivity contribution in [1.82, 2.24) is 34.7 Å². The maximum Gasteiger partial charge on any atom is 0.262 e. The van der Waals surface area contributed by atoms with Gasteiger partial charge in [0.2, 0.25) is 5.88 Å². The first-order valence-electron chi connectivity index (χ1n) is 10.3. The molecule has 1 unspecified atom stereocenters. The van der Waals surface area contributed by atoms with Crippen molar-refractivity contribution in [2.45, 2.75) is 25.8 Å². The Bertz CT molecular complexity index is 1260. The van der Waals surface area contributed by atoms with Crippen molar-refractivity contribution >= 4 is 11.7 Å². The molecular weight excluding hydrogens is 408 g/mol. The second-order valence-electron chi connectivity index (χ2n) is 7.47. The molecule has 0 saturated heterocycles. The van der Waals surface area contributed by atoms with Gasteiger partial charge < -0.3 is 14.6 Å². The fourth-order valence-corrected chi connectivity index (χ4v) is 3.58. The Morgan fingerprint density at radius 1 is 1.16 bits per heavy atom. The van der Waals surface area contributed by atoms with Gasteiger partial charge in [-0.15, -0.1) is 10.2 Å². The van der Waals surface area contributed by atoms with Gasteiger partial charge in [-0.3, -0.25) is 4.79 Å². The van der Waals surface area contributed by atoms with Gasteiger partial charge in [0.25, 0.3) is 5.91 Å². The van der Waals surface area contributed by atoms with Crippen LogP contribution in [0.5, 0.6) is 5.88 Å². The Balaban J connectivity index is 1.55. The molecule has 5 heterocycles. The quantitative estimate of drug-likeness (QED) is 0.491. The van der Waals surface area contributed by atoms with Gasteiger partial charge in [-0.1, -0.05) is 6.07 Å². The predicted octanol–water partition coefficient (Wildman–Crippen LogP) is 3.18. The van der Waals surface area contributed by atoms with E-state index in [2.05, 4.69) is 42.4 Å². The van der Waals surface area contributed by atoms with E-state index < -0.39 is 0 Å². The molecule has 0 aliphatic carbocycles. The van der Waals surface area contributed by atoms with Crippen molar-refractivity contribution in [2.75, 3.05) is 11.9 Å². The molecule has 0 radical (unpaired) electrons. The molecule has 160 valence electrons. The number of hydrogen-bond donors (Lipinski definition) is 1. The van der Waals surface area contributed by atoms with Crippen molar-refractivity contribution in [2.24, 2.45) is 0 Å². The topological polar surface area (TPSA) is 121 Å². The van der Waals surface area contributed by atoms with E-state index in [4.69, 9.17) is 4.74 Å². The SMILES string of the molecule is CC1CCCOc2ncc(-c3cncnc3)cc2C(=O)Nc2cccc(n2)-c2nncn21. The molecule has 10 heteroatoms. The second kappa shape index (κ2) is 8.50. The molecule has 0 spiro atoms. The minimum atomic E-state index is -0.372. The third kappa shape index (κ3) is 3.89. The highest BCUT2D eigenvalue weighted by molar-refractivity contribution is 6.06. The van der Waals surface area contributed by atoms with Gasteiger partial charge in [0.05, 0.1) is 6.61 Å². The van der Waals surface area contributed by atoms with Crippen LogP contribution in [0.2, 0.25) is 0 Å². The number of anilines is 1. The summed E-state index contributed by atoms with van der Waals surface area (Å²) in [5.74, 6) is 0.947. The first-order valence-corrected chi connectivity index (χ1v) is 10.3. The van der Waals surface area contributed by atoms with Gasteiger partial charge in [-0.05, 0) is 38.0 Å². The lowest BCUT2D eigenvalue weighted by Crippen LogP contribution is -2.17. The van der Waals surface area contributed by atoms with Gasteiger partial charge in [0.1, 0.15) is 29.7 Å². The number of amides is 1. The van der Waals surface area contributed by atoms with Gasteiger partial charge >= 0.3 is 0 Å². The number of nitrogens with one attached hydrogen (secondary N) is 1. The van der Waals surface area contributed by atoms with Crippen molar-refractivity contribution in [3.63, 3.8) is 0 Å². The summed E-state index contributed by atoms with van der Waals surface area (Å²) in [7, 11) is 0. The summed E-state index contributed by atoms with van der Waals surface area (Å²) in [6.45, 7) is 2.52. The fraction of sp³-hybridized carbons (Fsp3) is 0.227. The summed E-state index contributed by atoms with van der Waals surface area (Å²) < 4.78 is 7.89. The van der Waals surface area contributed by atoms with E-state index in [0.29, 0.717) is 35.1 Å². The molecule has 32 heavy (non-hydrogen) atoms. The van der Waals surface area contributed by atoms with E-state index >= 15 is 0 Å². The summed E-state index contributed by atoms with van der Waals surface area (Å²) in [6, 6.07) is 7.27. The highest BCUT2D eigenvalue weighted by Crippen LogP contribution is 2.27. The number of hydrogen-bond acceptors (Lipinski definition) is 8. The lowest BCUT2D eigenvalue weighted by Gasteiger charge is -2.17. The van der Waals surface area contributed by atoms with Crippen molar-refractivity contribution in [3.05, 3.63) is 61.1 Å². The average molecular weight is 428 g/mol. The van der Waals surface area contributed by atoms with Crippen molar-refractivity contribution < 1.29 is 9.53 Å². The van der Waals surface area contributed by atoms with Crippen LogP contribution >= 0.6 is 0 Å². The fourth-order valence-electron chi connectivity index (χ4n) is 3.58. The largest absolute Gasteiger partial charge is 0.477 e. The monoisotopic (exact) mass is 428 g/mol. The zero-order valence-electron chi connectivity index (χ0n) is 17.3. The summed E-state index contributed by atoms with van der Waals surface area (Å²) in [5, 5.41) is 11.1. The Hall–Kier alpha value is -4.21. The highest BCUT2D eigenvalue weighted by atomic mass is 16.5. The number of fused-ring (bicyclic) bond motifs is 5. The van der Waals surface area contributed by atoms with Crippen LogP contribution in [0, 0.1) is 0 Å². The average Bonchev–Trinajstić information content (AvgIpc) is 3.32. The molecule has 0 fully saturated rings.